The monoisotopic (exact) mass is 419 g/mol. The number of nitrogens with one attached hydrogen (secondary N) is 1. The average molecular weight is 420 g/mol. The maximum absolute atomic E-state index is 11.5. The van der Waals surface area contributed by atoms with Gasteiger partial charge in [-0.2, -0.15) is 0 Å². The van der Waals surface area contributed by atoms with Gasteiger partial charge in [0.1, 0.15) is 11.5 Å². The summed E-state index contributed by atoms with van der Waals surface area (Å²) in [4.78, 5) is 22.6. The zero-order chi connectivity index (χ0) is 18.8. The topological polar surface area (TPSA) is 92.3 Å². The van der Waals surface area contributed by atoms with Crippen LogP contribution in [0.15, 0.2) is 16.6 Å². The molecule has 0 aromatic heterocycles. The summed E-state index contributed by atoms with van der Waals surface area (Å²) < 4.78 is 25.3. The number of amides is 1. The molecule has 1 rings (SSSR count). The van der Waals surface area contributed by atoms with E-state index in [2.05, 4.69) is 26.0 Å². The molecule has 1 amide bonds. The minimum atomic E-state index is -0.894. The molecule has 0 saturated heterocycles. The van der Waals surface area contributed by atoms with E-state index in [9.17, 15) is 9.59 Å². The van der Waals surface area contributed by atoms with Gasteiger partial charge in [-0.15, -0.1) is 0 Å². The molecule has 140 valence electrons. The number of carbonyl (C=O) groups is 2. The van der Waals surface area contributed by atoms with Gasteiger partial charge in [-0.25, -0.2) is 9.59 Å². The van der Waals surface area contributed by atoms with Crippen LogP contribution in [0.1, 0.15) is 19.4 Å². The number of methoxy groups -OCH3 is 2. The smallest absolute Gasteiger partial charge is 0.496 e. The van der Waals surface area contributed by atoms with Gasteiger partial charge >= 0.3 is 12.2 Å². The number of hydrogen-bond acceptors (Lipinski definition) is 7. The molecule has 0 aliphatic heterocycles. The van der Waals surface area contributed by atoms with E-state index in [1.807, 2.05) is 6.07 Å². The molecule has 1 N–H and O–H groups in total. The lowest BCUT2D eigenvalue weighted by atomic mass is 10.1. The molecule has 0 unspecified atom stereocenters. The molecule has 0 spiro atoms. The van der Waals surface area contributed by atoms with Crippen molar-refractivity contribution in [1.29, 1.82) is 0 Å². The molecule has 1 aromatic carbocycles. The first-order valence-corrected chi connectivity index (χ1v) is 8.31. The molecule has 1 aromatic rings. The maximum atomic E-state index is 11.5. The molecular formula is C16H22BrNO7. The van der Waals surface area contributed by atoms with Crippen molar-refractivity contribution in [2.24, 2.45) is 0 Å². The van der Waals surface area contributed by atoms with Gasteiger partial charge in [0.2, 0.25) is 6.79 Å². The minimum Gasteiger partial charge on any atom is -0.496 e. The molecule has 0 saturated carbocycles. The standard InChI is InChI=1S/C16H22BrNO7/c1-10(2)25-16(20)24-9-23-15(19)18-6-5-11-7-14(22-4)12(17)8-13(11)21-3/h7-8,10H,5-6,9H2,1-4H3,(H,18,19). The van der Waals surface area contributed by atoms with E-state index in [0.29, 0.717) is 24.5 Å². The first kappa shape index (κ1) is 20.9. The normalized spacial score (nSPS) is 10.2. The summed E-state index contributed by atoms with van der Waals surface area (Å²) in [5, 5.41) is 2.55. The van der Waals surface area contributed by atoms with Crippen LogP contribution in [0.2, 0.25) is 0 Å². The number of benzene rings is 1. The zero-order valence-corrected chi connectivity index (χ0v) is 16.2. The first-order valence-electron chi connectivity index (χ1n) is 7.51. The van der Waals surface area contributed by atoms with Crippen LogP contribution in [-0.4, -0.2) is 45.9 Å². The second kappa shape index (κ2) is 10.7. The van der Waals surface area contributed by atoms with Gasteiger partial charge in [0, 0.05) is 6.54 Å². The van der Waals surface area contributed by atoms with Gasteiger partial charge in [-0.3, -0.25) is 0 Å². The summed E-state index contributed by atoms with van der Waals surface area (Å²) >= 11 is 3.38. The Morgan fingerprint density at radius 3 is 2.40 bits per heavy atom. The third-order valence-electron chi connectivity index (χ3n) is 2.92. The largest absolute Gasteiger partial charge is 0.511 e. The highest BCUT2D eigenvalue weighted by atomic mass is 79.9. The van der Waals surface area contributed by atoms with Crippen molar-refractivity contribution in [3.05, 3.63) is 22.2 Å². The van der Waals surface area contributed by atoms with Crippen LogP contribution in [0.25, 0.3) is 0 Å². The van der Waals surface area contributed by atoms with E-state index in [1.165, 1.54) is 0 Å². The van der Waals surface area contributed by atoms with Crippen molar-refractivity contribution in [1.82, 2.24) is 5.32 Å². The van der Waals surface area contributed by atoms with Gasteiger partial charge in [-0.05, 0) is 53.9 Å². The summed E-state index contributed by atoms with van der Waals surface area (Å²) in [7, 11) is 3.13. The first-order chi connectivity index (χ1) is 11.9. The SMILES string of the molecule is COc1cc(CCNC(=O)OCOC(=O)OC(C)C)c(OC)cc1Br. The van der Waals surface area contributed by atoms with Crippen molar-refractivity contribution >= 4 is 28.2 Å². The van der Waals surface area contributed by atoms with Gasteiger partial charge in [0.05, 0.1) is 24.8 Å². The minimum absolute atomic E-state index is 0.302. The van der Waals surface area contributed by atoms with Gasteiger partial charge < -0.3 is 29.0 Å². The molecular weight excluding hydrogens is 398 g/mol. The van der Waals surface area contributed by atoms with Crippen molar-refractivity contribution < 1.29 is 33.3 Å². The fourth-order valence-electron chi connectivity index (χ4n) is 1.83. The Bertz CT molecular complexity index is 592. The van der Waals surface area contributed by atoms with Crippen LogP contribution in [0.5, 0.6) is 11.5 Å². The quantitative estimate of drug-likeness (QED) is 0.510. The third kappa shape index (κ3) is 7.51. The van der Waals surface area contributed by atoms with E-state index in [1.54, 1.807) is 34.1 Å². The Labute approximate surface area is 154 Å². The molecule has 9 heteroatoms. The Hall–Kier alpha value is -2.16. The van der Waals surface area contributed by atoms with Gasteiger partial charge in [0.25, 0.3) is 0 Å². The summed E-state index contributed by atoms with van der Waals surface area (Å²) in [6.45, 7) is 3.14. The maximum Gasteiger partial charge on any atom is 0.511 e. The Kier molecular flexibility index (Phi) is 8.90. The van der Waals surface area contributed by atoms with Crippen LogP contribution < -0.4 is 14.8 Å². The van der Waals surface area contributed by atoms with Crippen molar-refractivity contribution in [3.63, 3.8) is 0 Å². The second-order valence-corrected chi connectivity index (χ2v) is 5.94. The molecule has 0 aliphatic rings. The zero-order valence-electron chi connectivity index (χ0n) is 14.6. The number of carbonyl (C=O) groups excluding carboxylic acids is 2. The number of alkyl carbamates (subject to hydrolysis) is 1. The van der Waals surface area contributed by atoms with Crippen LogP contribution in [0.3, 0.4) is 0 Å². The van der Waals surface area contributed by atoms with E-state index >= 15 is 0 Å². The molecule has 0 fully saturated rings. The Balaban J connectivity index is 2.39. The van der Waals surface area contributed by atoms with E-state index < -0.39 is 19.0 Å². The predicted molar refractivity (Wildman–Crippen MR) is 93.0 cm³/mol. The molecule has 0 radical (unpaired) electrons. The van der Waals surface area contributed by atoms with Crippen LogP contribution in [0, 0.1) is 0 Å². The van der Waals surface area contributed by atoms with Crippen LogP contribution in [-0.2, 0) is 20.6 Å². The number of ether oxygens (including phenoxy) is 5. The number of halogens is 1. The molecule has 8 nitrogen and oxygen atoms in total. The highest BCUT2D eigenvalue weighted by Crippen LogP contribution is 2.32. The summed E-state index contributed by atoms with van der Waals surface area (Å²) in [5.41, 5.74) is 0.861. The van der Waals surface area contributed by atoms with Gasteiger partial charge in [0.15, 0.2) is 0 Å². The van der Waals surface area contributed by atoms with Crippen molar-refractivity contribution in [3.8, 4) is 11.5 Å². The molecule has 0 aliphatic carbocycles. The lowest BCUT2D eigenvalue weighted by molar-refractivity contribution is -0.0242. The fraction of sp³-hybridized carbons (Fsp3) is 0.500. The summed E-state index contributed by atoms with van der Waals surface area (Å²) in [6.07, 6.45) is -1.41. The third-order valence-corrected chi connectivity index (χ3v) is 3.54. The van der Waals surface area contributed by atoms with Crippen molar-refractivity contribution in [2.45, 2.75) is 26.4 Å². The van der Waals surface area contributed by atoms with E-state index in [4.69, 9.17) is 18.9 Å². The summed E-state index contributed by atoms with van der Waals surface area (Å²) in [6, 6.07) is 3.61. The Morgan fingerprint density at radius 1 is 1.12 bits per heavy atom. The molecule has 0 heterocycles. The van der Waals surface area contributed by atoms with Crippen molar-refractivity contribution in [2.75, 3.05) is 27.6 Å². The molecule has 0 bridgehead atoms. The van der Waals surface area contributed by atoms with E-state index in [0.717, 1.165) is 10.0 Å². The molecule has 25 heavy (non-hydrogen) atoms. The number of rotatable bonds is 8. The lowest BCUT2D eigenvalue weighted by Gasteiger charge is -2.13. The highest BCUT2D eigenvalue weighted by molar-refractivity contribution is 9.10. The highest BCUT2D eigenvalue weighted by Gasteiger charge is 2.11. The predicted octanol–water partition coefficient (Wildman–Crippen LogP) is 3.25. The lowest BCUT2D eigenvalue weighted by Crippen LogP contribution is -2.28. The number of hydrogen-bond donors (Lipinski definition) is 1. The van der Waals surface area contributed by atoms with Crippen LogP contribution >= 0.6 is 15.9 Å². The van der Waals surface area contributed by atoms with E-state index in [-0.39, 0.29) is 6.10 Å². The summed E-state index contributed by atoms with van der Waals surface area (Å²) in [5.74, 6) is 1.33. The van der Waals surface area contributed by atoms with Crippen LogP contribution in [0.4, 0.5) is 9.59 Å². The second-order valence-electron chi connectivity index (χ2n) is 5.09. The molecule has 0 atom stereocenters. The van der Waals surface area contributed by atoms with Gasteiger partial charge in [-0.1, -0.05) is 0 Å². The average Bonchev–Trinajstić information content (AvgIpc) is 2.55. The Morgan fingerprint density at radius 2 is 1.80 bits per heavy atom. The fourth-order valence-corrected chi connectivity index (χ4v) is 2.31.